The van der Waals surface area contributed by atoms with Crippen LogP contribution in [0.2, 0.25) is 0 Å². The number of rotatable bonds is 4. The van der Waals surface area contributed by atoms with Crippen molar-refractivity contribution in [2.45, 2.75) is 33.2 Å². The number of aromatic nitrogens is 1. The predicted octanol–water partition coefficient (Wildman–Crippen LogP) is 3.42. The van der Waals surface area contributed by atoms with E-state index in [0.717, 1.165) is 23.2 Å². The molecule has 0 fully saturated rings. The van der Waals surface area contributed by atoms with E-state index in [1.807, 2.05) is 6.07 Å². The maximum atomic E-state index is 11.8. The first-order chi connectivity index (χ1) is 8.11. The van der Waals surface area contributed by atoms with Crippen molar-refractivity contribution in [3.05, 3.63) is 23.3 Å². The number of amides is 1. The molecule has 92 valence electrons. The SMILES string of the molecule is CCCNC(=O)c1cc2cn(C(C)C)cc2s1. The monoisotopic (exact) mass is 250 g/mol. The molecule has 0 aliphatic heterocycles. The average molecular weight is 250 g/mol. The molecule has 0 saturated carbocycles. The van der Waals surface area contributed by atoms with Gasteiger partial charge >= 0.3 is 0 Å². The van der Waals surface area contributed by atoms with Crippen LogP contribution in [0.3, 0.4) is 0 Å². The molecule has 17 heavy (non-hydrogen) atoms. The quantitative estimate of drug-likeness (QED) is 0.886. The highest BCUT2D eigenvalue weighted by atomic mass is 32.1. The fourth-order valence-corrected chi connectivity index (χ4v) is 2.68. The standard InChI is InChI=1S/C13H18N2OS/c1-4-5-14-13(16)11-6-10-7-15(9(2)3)8-12(10)17-11/h6-9H,4-5H2,1-3H3,(H,14,16). The Balaban J connectivity index is 2.21. The van der Waals surface area contributed by atoms with Crippen molar-refractivity contribution in [1.82, 2.24) is 9.88 Å². The number of nitrogens with zero attached hydrogens (tertiary/aromatic N) is 1. The van der Waals surface area contributed by atoms with Crippen molar-refractivity contribution in [1.29, 1.82) is 0 Å². The number of hydrogen-bond donors (Lipinski definition) is 1. The van der Waals surface area contributed by atoms with Gasteiger partial charge in [-0.2, -0.15) is 0 Å². The number of nitrogens with one attached hydrogen (secondary N) is 1. The van der Waals surface area contributed by atoms with E-state index in [1.54, 1.807) is 11.3 Å². The molecular weight excluding hydrogens is 232 g/mol. The number of thiophene rings is 1. The largest absolute Gasteiger partial charge is 0.351 e. The van der Waals surface area contributed by atoms with Gasteiger partial charge in [0, 0.05) is 30.4 Å². The van der Waals surface area contributed by atoms with Crippen LogP contribution < -0.4 is 5.32 Å². The van der Waals surface area contributed by atoms with Gasteiger partial charge in [-0.3, -0.25) is 4.79 Å². The second kappa shape index (κ2) is 4.92. The van der Waals surface area contributed by atoms with Crippen LogP contribution >= 0.6 is 11.3 Å². The number of fused-ring (bicyclic) bond motifs is 1. The first-order valence-electron chi connectivity index (χ1n) is 6.01. The second-order valence-electron chi connectivity index (χ2n) is 4.49. The van der Waals surface area contributed by atoms with Crippen molar-refractivity contribution in [3.8, 4) is 0 Å². The molecular formula is C13H18N2OS. The molecule has 4 heteroatoms. The van der Waals surface area contributed by atoms with Crippen LogP contribution in [-0.4, -0.2) is 17.0 Å². The van der Waals surface area contributed by atoms with Crippen molar-refractivity contribution in [3.63, 3.8) is 0 Å². The van der Waals surface area contributed by atoms with Crippen molar-refractivity contribution >= 4 is 27.3 Å². The van der Waals surface area contributed by atoms with E-state index in [0.29, 0.717) is 6.04 Å². The van der Waals surface area contributed by atoms with E-state index in [1.165, 1.54) is 4.70 Å². The van der Waals surface area contributed by atoms with Gasteiger partial charge in [0.2, 0.25) is 0 Å². The molecule has 0 radical (unpaired) electrons. The van der Waals surface area contributed by atoms with Gasteiger partial charge in [0.1, 0.15) is 0 Å². The highest BCUT2D eigenvalue weighted by Gasteiger charge is 2.11. The van der Waals surface area contributed by atoms with Crippen LogP contribution in [0, 0.1) is 0 Å². The third-order valence-corrected chi connectivity index (χ3v) is 3.79. The van der Waals surface area contributed by atoms with Gasteiger partial charge in [0.15, 0.2) is 0 Å². The minimum Gasteiger partial charge on any atom is -0.351 e. The molecule has 0 aromatic carbocycles. The smallest absolute Gasteiger partial charge is 0.261 e. The van der Waals surface area contributed by atoms with E-state index < -0.39 is 0 Å². The van der Waals surface area contributed by atoms with Gasteiger partial charge in [-0.15, -0.1) is 11.3 Å². The molecule has 0 spiro atoms. The highest BCUT2D eigenvalue weighted by Crippen LogP contribution is 2.27. The van der Waals surface area contributed by atoms with Crippen molar-refractivity contribution in [2.75, 3.05) is 6.54 Å². The van der Waals surface area contributed by atoms with E-state index in [-0.39, 0.29) is 5.91 Å². The summed E-state index contributed by atoms with van der Waals surface area (Å²) in [6, 6.07) is 2.44. The van der Waals surface area contributed by atoms with Gasteiger partial charge in [0.25, 0.3) is 5.91 Å². The first kappa shape index (κ1) is 12.2. The fraction of sp³-hybridized carbons (Fsp3) is 0.462. The zero-order chi connectivity index (χ0) is 12.4. The van der Waals surface area contributed by atoms with E-state index >= 15 is 0 Å². The Hall–Kier alpha value is -1.29. The summed E-state index contributed by atoms with van der Waals surface area (Å²) in [5.41, 5.74) is 0. The molecule has 2 heterocycles. The van der Waals surface area contributed by atoms with E-state index in [4.69, 9.17) is 0 Å². The Kier molecular flexibility index (Phi) is 3.52. The van der Waals surface area contributed by atoms with E-state index in [2.05, 4.69) is 43.0 Å². The Morgan fingerprint density at radius 3 is 2.82 bits per heavy atom. The van der Waals surface area contributed by atoms with Crippen LogP contribution in [0.4, 0.5) is 0 Å². The van der Waals surface area contributed by atoms with Crippen LogP contribution in [0.1, 0.15) is 42.9 Å². The summed E-state index contributed by atoms with van der Waals surface area (Å²) in [7, 11) is 0. The molecule has 0 saturated heterocycles. The fourth-order valence-electron chi connectivity index (χ4n) is 1.69. The summed E-state index contributed by atoms with van der Waals surface area (Å²) in [5, 5.41) is 4.06. The lowest BCUT2D eigenvalue weighted by molar-refractivity contribution is 0.0958. The third-order valence-electron chi connectivity index (χ3n) is 2.70. The maximum Gasteiger partial charge on any atom is 0.261 e. The molecule has 3 nitrogen and oxygen atoms in total. The third kappa shape index (κ3) is 2.52. The first-order valence-corrected chi connectivity index (χ1v) is 6.82. The summed E-state index contributed by atoms with van der Waals surface area (Å²) in [6.07, 6.45) is 5.19. The zero-order valence-electron chi connectivity index (χ0n) is 10.5. The van der Waals surface area contributed by atoms with Gasteiger partial charge in [-0.05, 0) is 26.3 Å². The summed E-state index contributed by atoms with van der Waals surface area (Å²) >= 11 is 1.56. The molecule has 0 unspecified atom stereocenters. The summed E-state index contributed by atoms with van der Waals surface area (Å²) in [5.74, 6) is 0.0455. The summed E-state index contributed by atoms with van der Waals surface area (Å²) in [6.45, 7) is 7.10. The molecule has 0 aliphatic rings. The van der Waals surface area contributed by atoms with Crippen LogP contribution in [0.25, 0.3) is 10.1 Å². The molecule has 1 N–H and O–H groups in total. The highest BCUT2D eigenvalue weighted by molar-refractivity contribution is 7.20. The minimum atomic E-state index is 0.0455. The lowest BCUT2D eigenvalue weighted by Crippen LogP contribution is -2.22. The summed E-state index contributed by atoms with van der Waals surface area (Å²) in [4.78, 5) is 12.6. The molecule has 0 aliphatic carbocycles. The van der Waals surface area contributed by atoms with Gasteiger partial charge in [-0.1, -0.05) is 6.92 Å². The van der Waals surface area contributed by atoms with Crippen LogP contribution in [0.15, 0.2) is 18.5 Å². The lowest BCUT2D eigenvalue weighted by Gasteiger charge is -2.05. The molecule has 2 rings (SSSR count). The normalized spacial score (nSPS) is 11.3. The predicted molar refractivity (Wildman–Crippen MR) is 72.8 cm³/mol. The van der Waals surface area contributed by atoms with Gasteiger partial charge in [0.05, 0.1) is 9.58 Å². The van der Waals surface area contributed by atoms with Gasteiger partial charge in [-0.25, -0.2) is 0 Å². The molecule has 0 atom stereocenters. The van der Waals surface area contributed by atoms with Crippen LogP contribution in [0.5, 0.6) is 0 Å². The molecule has 0 bridgehead atoms. The summed E-state index contributed by atoms with van der Waals surface area (Å²) < 4.78 is 3.36. The molecule has 1 amide bonds. The zero-order valence-corrected chi connectivity index (χ0v) is 11.3. The topological polar surface area (TPSA) is 34.0 Å². The number of hydrogen-bond acceptors (Lipinski definition) is 2. The van der Waals surface area contributed by atoms with Crippen molar-refractivity contribution < 1.29 is 4.79 Å². The number of carbonyl (C=O) groups excluding carboxylic acids is 1. The lowest BCUT2D eigenvalue weighted by atomic mass is 10.3. The average Bonchev–Trinajstić information content (AvgIpc) is 2.82. The van der Waals surface area contributed by atoms with Gasteiger partial charge < -0.3 is 9.88 Å². The molecule has 2 aromatic rings. The van der Waals surface area contributed by atoms with Crippen molar-refractivity contribution in [2.24, 2.45) is 0 Å². The Labute approximate surface area is 105 Å². The second-order valence-corrected chi connectivity index (χ2v) is 5.57. The maximum absolute atomic E-state index is 11.8. The Morgan fingerprint density at radius 1 is 1.47 bits per heavy atom. The van der Waals surface area contributed by atoms with E-state index in [9.17, 15) is 4.79 Å². The molecule has 2 aromatic heterocycles. The Bertz CT molecular complexity index is 493. The Morgan fingerprint density at radius 2 is 2.24 bits per heavy atom. The number of carbonyl (C=O) groups is 1. The van der Waals surface area contributed by atoms with Crippen LogP contribution in [-0.2, 0) is 0 Å². The minimum absolute atomic E-state index is 0.0455.